The summed E-state index contributed by atoms with van der Waals surface area (Å²) >= 11 is 0. The standard InChI is InChI=1S/C26H23N3O5/c1-16(30)27-18-9-11-19(12-10-18)29-25(31)23(17-7-5-4-6-8-17)24(26(29)32)28-21-15-20(33-2)13-14-22(21)34-3/h4-15,28H,1-3H3,(H,27,30). The Morgan fingerprint density at radius 3 is 2.18 bits per heavy atom. The lowest BCUT2D eigenvalue weighted by Gasteiger charge is -2.17. The first kappa shape index (κ1) is 22.6. The fraction of sp³-hybridized carbons (Fsp3) is 0.115. The van der Waals surface area contributed by atoms with Crippen molar-refractivity contribution < 1.29 is 23.9 Å². The number of anilines is 3. The van der Waals surface area contributed by atoms with Gasteiger partial charge in [0.2, 0.25) is 5.91 Å². The summed E-state index contributed by atoms with van der Waals surface area (Å²) in [6.45, 7) is 1.41. The van der Waals surface area contributed by atoms with Gasteiger partial charge in [-0.3, -0.25) is 14.4 Å². The second-order valence-corrected chi connectivity index (χ2v) is 7.48. The van der Waals surface area contributed by atoms with E-state index in [1.165, 1.54) is 21.1 Å². The number of carbonyl (C=O) groups excluding carboxylic acids is 3. The number of rotatable bonds is 7. The van der Waals surface area contributed by atoms with Crippen LogP contribution in [0.1, 0.15) is 12.5 Å². The van der Waals surface area contributed by atoms with Crippen molar-refractivity contribution >= 4 is 40.4 Å². The average molecular weight is 457 g/mol. The fourth-order valence-corrected chi connectivity index (χ4v) is 3.70. The van der Waals surface area contributed by atoms with Gasteiger partial charge in [0.1, 0.15) is 17.2 Å². The Labute approximate surface area is 196 Å². The minimum absolute atomic E-state index is 0.119. The number of methoxy groups -OCH3 is 2. The molecule has 8 heteroatoms. The Kier molecular flexibility index (Phi) is 6.31. The Bertz CT molecular complexity index is 1280. The number of hydrogen-bond acceptors (Lipinski definition) is 6. The Hall–Kier alpha value is -4.59. The molecule has 34 heavy (non-hydrogen) atoms. The maximum absolute atomic E-state index is 13.6. The number of benzene rings is 3. The van der Waals surface area contributed by atoms with E-state index in [1.807, 2.05) is 6.07 Å². The third-order valence-corrected chi connectivity index (χ3v) is 5.26. The number of hydrogen-bond donors (Lipinski definition) is 2. The highest BCUT2D eigenvalue weighted by Gasteiger charge is 2.40. The summed E-state index contributed by atoms with van der Waals surface area (Å²) in [5.41, 5.74) is 2.38. The molecule has 0 atom stereocenters. The smallest absolute Gasteiger partial charge is 0.282 e. The van der Waals surface area contributed by atoms with Crippen molar-refractivity contribution in [3.05, 3.63) is 84.1 Å². The van der Waals surface area contributed by atoms with E-state index in [4.69, 9.17) is 9.47 Å². The molecule has 0 saturated heterocycles. The highest BCUT2D eigenvalue weighted by molar-refractivity contribution is 6.46. The SMILES string of the molecule is COc1ccc(OC)c(NC2=C(c3ccccc3)C(=O)N(c3ccc(NC(C)=O)cc3)C2=O)c1. The van der Waals surface area contributed by atoms with Crippen molar-refractivity contribution in [1.29, 1.82) is 0 Å². The van der Waals surface area contributed by atoms with Crippen LogP contribution in [0.5, 0.6) is 11.5 Å². The summed E-state index contributed by atoms with van der Waals surface area (Å²) in [6, 6.07) is 20.6. The van der Waals surface area contributed by atoms with E-state index in [-0.39, 0.29) is 17.2 Å². The number of carbonyl (C=O) groups is 3. The third kappa shape index (κ3) is 4.33. The molecule has 1 aliphatic heterocycles. The maximum atomic E-state index is 13.6. The van der Waals surface area contributed by atoms with Gasteiger partial charge in [-0.15, -0.1) is 0 Å². The predicted octanol–water partition coefficient (Wildman–Crippen LogP) is 4.06. The summed E-state index contributed by atoms with van der Waals surface area (Å²) in [4.78, 5) is 39.5. The van der Waals surface area contributed by atoms with E-state index in [2.05, 4.69) is 10.6 Å². The molecule has 0 saturated carbocycles. The van der Waals surface area contributed by atoms with E-state index in [1.54, 1.807) is 66.7 Å². The molecule has 172 valence electrons. The zero-order chi connectivity index (χ0) is 24.2. The van der Waals surface area contributed by atoms with E-state index >= 15 is 0 Å². The lowest BCUT2D eigenvalue weighted by Crippen LogP contribution is -2.32. The highest BCUT2D eigenvalue weighted by Crippen LogP contribution is 2.37. The van der Waals surface area contributed by atoms with E-state index in [9.17, 15) is 14.4 Å². The van der Waals surface area contributed by atoms with Crippen LogP contribution in [0.25, 0.3) is 5.57 Å². The molecule has 3 amide bonds. The molecule has 1 heterocycles. The fourth-order valence-electron chi connectivity index (χ4n) is 3.70. The molecule has 1 aliphatic rings. The predicted molar refractivity (Wildman–Crippen MR) is 130 cm³/mol. The molecule has 0 radical (unpaired) electrons. The molecular weight excluding hydrogens is 434 g/mol. The van der Waals surface area contributed by atoms with Crippen molar-refractivity contribution in [2.24, 2.45) is 0 Å². The number of nitrogens with one attached hydrogen (secondary N) is 2. The molecule has 0 aliphatic carbocycles. The van der Waals surface area contributed by atoms with Gasteiger partial charge in [0.05, 0.1) is 31.2 Å². The summed E-state index contributed by atoms with van der Waals surface area (Å²) in [7, 11) is 3.06. The number of imide groups is 1. The van der Waals surface area contributed by atoms with Crippen LogP contribution in [-0.4, -0.2) is 31.9 Å². The molecule has 0 fully saturated rings. The molecule has 8 nitrogen and oxygen atoms in total. The van der Waals surface area contributed by atoms with Crippen LogP contribution >= 0.6 is 0 Å². The summed E-state index contributed by atoms with van der Waals surface area (Å²) in [5.74, 6) is -0.145. The van der Waals surface area contributed by atoms with Gasteiger partial charge < -0.3 is 20.1 Å². The Morgan fingerprint density at radius 2 is 1.56 bits per heavy atom. The summed E-state index contributed by atoms with van der Waals surface area (Å²) < 4.78 is 10.7. The lowest BCUT2D eigenvalue weighted by atomic mass is 10.0. The second-order valence-electron chi connectivity index (χ2n) is 7.48. The Balaban J connectivity index is 1.77. The van der Waals surface area contributed by atoms with Gasteiger partial charge in [0, 0.05) is 18.7 Å². The maximum Gasteiger partial charge on any atom is 0.282 e. The zero-order valence-electron chi connectivity index (χ0n) is 18.9. The normalized spacial score (nSPS) is 13.2. The van der Waals surface area contributed by atoms with Crippen LogP contribution in [0.4, 0.5) is 17.1 Å². The van der Waals surface area contributed by atoms with Gasteiger partial charge in [-0.25, -0.2) is 4.90 Å². The van der Waals surface area contributed by atoms with Crippen LogP contribution in [0, 0.1) is 0 Å². The molecular formula is C26H23N3O5. The monoisotopic (exact) mass is 457 g/mol. The molecule has 3 aromatic rings. The van der Waals surface area contributed by atoms with E-state index in [0.717, 1.165) is 4.90 Å². The van der Waals surface area contributed by atoms with E-state index in [0.29, 0.717) is 34.1 Å². The number of nitrogens with zero attached hydrogens (tertiary/aromatic N) is 1. The third-order valence-electron chi connectivity index (χ3n) is 5.26. The minimum Gasteiger partial charge on any atom is -0.497 e. The largest absolute Gasteiger partial charge is 0.497 e. The zero-order valence-corrected chi connectivity index (χ0v) is 18.9. The molecule has 4 rings (SSSR count). The van der Waals surface area contributed by atoms with Crippen molar-refractivity contribution in [1.82, 2.24) is 0 Å². The first-order chi connectivity index (χ1) is 16.4. The van der Waals surface area contributed by atoms with Gasteiger partial charge in [-0.1, -0.05) is 30.3 Å². The average Bonchev–Trinajstić information content (AvgIpc) is 3.09. The quantitative estimate of drug-likeness (QED) is 0.520. The van der Waals surface area contributed by atoms with Gasteiger partial charge in [0.15, 0.2) is 0 Å². The van der Waals surface area contributed by atoms with Crippen molar-refractivity contribution in [2.75, 3.05) is 29.8 Å². The van der Waals surface area contributed by atoms with Crippen LogP contribution in [0.15, 0.2) is 78.5 Å². The molecule has 3 aromatic carbocycles. The minimum atomic E-state index is -0.513. The van der Waals surface area contributed by atoms with Crippen LogP contribution in [-0.2, 0) is 14.4 Å². The van der Waals surface area contributed by atoms with E-state index < -0.39 is 11.8 Å². The first-order valence-corrected chi connectivity index (χ1v) is 10.5. The first-order valence-electron chi connectivity index (χ1n) is 10.5. The summed E-state index contributed by atoms with van der Waals surface area (Å²) in [5, 5.41) is 5.78. The summed E-state index contributed by atoms with van der Waals surface area (Å²) in [6.07, 6.45) is 0. The van der Waals surface area contributed by atoms with Gasteiger partial charge >= 0.3 is 0 Å². The van der Waals surface area contributed by atoms with Crippen LogP contribution in [0.3, 0.4) is 0 Å². The van der Waals surface area contributed by atoms with Crippen molar-refractivity contribution in [3.8, 4) is 11.5 Å². The lowest BCUT2D eigenvalue weighted by molar-refractivity contribution is -0.120. The van der Waals surface area contributed by atoms with Crippen LogP contribution in [0.2, 0.25) is 0 Å². The van der Waals surface area contributed by atoms with Crippen LogP contribution < -0.4 is 25.0 Å². The topological polar surface area (TPSA) is 97.0 Å². The number of amides is 3. The molecule has 2 N–H and O–H groups in total. The molecule has 0 bridgehead atoms. The molecule has 0 unspecified atom stereocenters. The Morgan fingerprint density at radius 1 is 0.853 bits per heavy atom. The molecule has 0 aromatic heterocycles. The second kappa shape index (κ2) is 9.50. The molecule has 0 spiro atoms. The van der Waals surface area contributed by atoms with Crippen molar-refractivity contribution in [3.63, 3.8) is 0 Å². The number of ether oxygens (including phenoxy) is 2. The van der Waals surface area contributed by atoms with Gasteiger partial charge in [0.25, 0.3) is 11.8 Å². The highest BCUT2D eigenvalue weighted by atomic mass is 16.5. The van der Waals surface area contributed by atoms with Gasteiger partial charge in [-0.05, 0) is 42.0 Å². The van der Waals surface area contributed by atoms with Crippen molar-refractivity contribution in [2.45, 2.75) is 6.92 Å². The van der Waals surface area contributed by atoms with Gasteiger partial charge in [-0.2, -0.15) is 0 Å².